The van der Waals surface area contributed by atoms with E-state index in [1.165, 1.54) is 29.4 Å². The van der Waals surface area contributed by atoms with Gasteiger partial charge in [0.05, 0.1) is 11.8 Å². The fourth-order valence-electron chi connectivity index (χ4n) is 2.92. The van der Waals surface area contributed by atoms with Crippen molar-refractivity contribution in [2.75, 3.05) is 12.3 Å². The highest BCUT2D eigenvalue weighted by Gasteiger charge is 2.40. The zero-order valence-corrected chi connectivity index (χ0v) is 14.9. The first-order valence-electron chi connectivity index (χ1n) is 7.82. The Bertz CT molecular complexity index is 734. The number of fused-ring (bicyclic) bond motifs is 1. The number of halogens is 1. The number of carbonyl (C=O) groups is 1. The molecule has 1 heterocycles. The first-order chi connectivity index (χ1) is 11.1. The topological polar surface area (TPSA) is 89.7 Å². The lowest BCUT2D eigenvalue weighted by Crippen LogP contribution is -2.45. The van der Waals surface area contributed by atoms with E-state index in [0.717, 1.165) is 0 Å². The van der Waals surface area contributed by atoms with Crippen molar-refractivity contribution in [2.45, 2.75) is 45.3 Å². The van der Waals surface area contributed by atoms with E-state index in [1.807, 2.05) is 13.8 Å². The van der Waals surface area contributed by atoms with Crippen molar-refractivity contribution < 1.29 is 22.3 Å². The first-order valence-corrected chi connectivity index (χ1v) is 9.43. The molecule has 6 nitrogen and oxygen atoms in total. The van der Waals surface area contributed by atoms with Crippen LogP contribution >= 0.6 is 0 Å². The summed E-state index contributed by atoms with van der Waals surface area (Å²) < 4.78 is 45.9. The monoisotopic (exact) mass is 358 g/mol. The SMILES string of the molecule is CCS(=O)(=O)N(CCC(N)=O)C1CC(C)(C)Oc2ccc(F)cc21. The quantitative estimate of drug-likeness (QED) is 0.842. The number of ether oxygens (including phenoxy) is 1. The summed E-state index contributed by atoms with van der Waals surface area (Å²) in [6.07, 6.45) is 0.253. The van der Waals surface area contributed by atoms with Crippen LogP contribution < -0.4 is 10.5 Å². The summed E-state index contributed by atoms with van der Waals surface area (Å²) in [4.78, 5) is 11.1. The molecule has 24 heavy (non-hydrogen) atoms. The number of rotatable bonds is 6. The van der Waals surface area contributed by atoms with E-state index >= 15 is 0 Å². The molecule has 0 spiro atoms. The number of nitrogens with two attached hydrogens (primary N) is 1. The number of amides is 1. The summed E-state index contributed by atoms with van der Waals surface area (Å²) in [6.45, 7) is 5.18. The van der Waals surface area contributed by atoms with Crippen LogP contribution in [0.15, 0.2) is 18.2 Å². The van der Waals surface area contributed by atoms with Gasteiger partial charge in [-0.05, 0) is 39.0 Å². The number of nitrogens with zero attached hydrogens (tertiary/aromatic N) is 1. The molecule has 1 aliphatic rings. The molecule has 0 aromatic heterocycles. The zero-order chi connectivity index (χ0) is 18.1. The summed E-state index contributed by atoms with van der Waals surface area (Å²) in [7, 11) is -3.61. The summed E-state index contributed by atoms with van der Waals surface area (Å²) >= 11 is 0. The molecule has 2 rings (SSSR count). The van der Waals surface area contributed by atoms with Gasteiger partial charge < -0.3 is 10.5 Å². The normalized spacial score (nSPS) is 19.6. The molecule has 1 aromatic rings. The molecular weight excluding hydrogens is 335 g/mol. The van der Waals surface area contributed by atoms with E-state index in [2.05, 4.69) is 0 Å². The van der Waals surface area contributed by atoms with Crippen LogP contribution in [-0.4, -0.2) is 36.5 Å². The maximum Gasteiger partial charge on any atom is 0.218 e. The average Bonchev–Trinajstić information content (AvgIpc) is 2.46. The average molecular weight is 358 g/mol. The summed E-state index contributed by atoms with van der Waals surface area (Å²) in [5.41, 5.74) is 5.03. The second-order valence-electron chi connectivity index (χ2n) is 6.49. The van der Waals surface area contributed by atoms with Crippen LogP contribution in [0.4, 0.5) is 4.39 Å². The van der Waals surface area contributed by atoms with Gasteiger partial charge in [-0.25, -0.2) is 12.8 Å². The van der Waals surface area contributed by atoms with Crippen LogP contribution in [0.25, 0.3) is 0 Å². The number of carbonyl (C=O) groups excluding carboxylic acids is 1. The maximum atomic E-state index is 13.7. The van der Waals surface area contributed by atoms with Gasteiger partial charge in [-0.3, -0.25) is 4.79 Å². The number of hydrogen-bond acceptors (Lipinski definition) is 4. The van der Waals surface area contributed by atoms with Gasteiger partial charge in [0.25, 0.3) is 0 Å². The van der Waals surface area contributed by atoms with Crippen molar-refractivity contribution in [2.24, 2.45) is 5.73 Å². The minimum absolute atomic E-state index is 0.0395. The van der Waals surface area contributed by atoms with Gasteiger partial charge >= 0.3 is 0 Å². The largest absolute Gasteiger partial charge is 0.487 e. The standard InChI is InChI=1S/C16H23FN2O4S/c1-4-24(21,22)19(8-7-15(18)20)13-10-16(2,3)23-14-6-5-11(17)9-12(13)14/h5-6,9,13H,4,7-8,10H2,1-3H3,(H2,18,20). The highest BCUT2D eigenvalue weighted by molar-refractivity contribution is 7.89. The van der Waals surface area contributed by atoms with Crippen molar-refractivity contribution in [1.82, 2.24) is 4.31 Å². The summed E-state index contributed by atoms with van der Waals surface area (Å²) in [5.74, 6) is -0.718. The maximum absolute atomic E-state index is 13.7. The predicted octanol–water partition coefficient (Wildman–Crippen LogP) is 1.95. The van der Waals surface area contributed by atoms with Crippen LogP contribution in [0.2, 0.25) is 0 Å². The summed E-state index contributed by atoms with van der Waals surface area (Å²) in [6, 6.07) is 3.46. The van der Waals surface area contributed by atoms with Crippen LogP contribution in [-0.2, 0) is 14.8 Å². The molecule has 0 saturated carbocycles. The van der Waals surface area contributed by atoms with E-state index in [0.29, 0.717) is 17.7 Å². The summed E-state index contributed by atoms with van der Waals surface area (Å²) in [5, 5.41) is 0. The first kappa shape index (κ1) is 18.7. The van der Waals surface area contributed by atoms with Crippen molar-refractivity contribution in [3.63, 3.8) is 0 Å². The molecule has 2 N–H and O–H groups in total. The highest BCUT2D eigenvalue weighted by atomic mass is 32.2. The Kier molecular flexibility index (Phi) is 5.19. The minimum Gasteiger partial charge on any atom is -0.487 e. The Balaban J connectivity index is 2.52. The Morgan fingerprint density at radius 1 is 1.46 bits per heavy atom. The number of hydrogen-bond donors (Lipinski definition) is 1. The fraction of sp³-hybridized carbons (Fsp3) is 0.562. The molecule has 1 unspecified atom stereocenters. The van der Waals surface area contributed by atoms with Crippen molar-refractivity contribution >= 4 is 15.9 Å². The Morgan fingerprint density at radius 3 is 2.71 bits per heavy atom. The third-order valence-electron chi connectivity index (χ3n) is 4.05. The van der Waals surface area contributed by atoms with Gasteiger partial charge in [-0.15, -0.1) is 0 Å². The Labute approximate surface area is 141 Å². The van der Waals surface area contributed by atoms with Crippen LogP contribution in [0.5, 0.6) is 5.75 Å². The van der Waals surface area contributed by atoms with E-state index in [1.54, 1.807) is 0 Å². The molecule has 8 heteroatoms. The Hall–Kier alpha value is -1.67. The second kappa shape index (κ2) is 6.68. The lowest BCUT2D eigenvalue weighted by molar-refractivity contribution is -0.118. The Morgan fingerprint density at radius 2 is 2.12 bits per heavy atom. The lowest BCUT2D eigenvalue weighted by Gasteiger charge is -2.41. The second-order valence-corrected chi connectivity index (χ2v) is 8.70. The molecule has 0 aliphatic carbocycles. The van der Waals surface area contributed by atoms with E-state index in [-0.39, 0.29) is 18.7 Å². The van der Waals surface area contributed by atoms with Crippen molar-refractivity contribution in [1.29, 1.82) is 0 Å². The smallest absolute Gasteiger partial charge is 0.218 e. The van der Waals surface area contributed by atoms with Crippen LogP contribution in [0, 0.1) is 5.82 Å². The highest BCUT2D eigenvalue weighted by Crippen LogP contribution is 2.43. The van der Waals surface area contributed by atoms with E-state index < -0.39 is 33.4 Å². The third-order valence-corrected chi connectivity index (χ3v) is 5.93. The number of sulfonamides is 1. The fourth-order valence-corrected chi connectivity index (χ4v) is 4.20. The number of primary amides is 1. The predicted molar refractivity (Wildman–Crippen MR) is 88.4 cm³/mol. The van der Waals surface area contributed by atoms with E-state index in [9.17, 15) is 17.6 Å². The molecule has 1 aliphatic heterocycles. The van der Waals surface area contributed by atoms with Gasteiger partial charge in [0.1, 0.15) is 17.2 Å². The molecular formula is C16H23FN2O4S. The van der Waals surface area contributed by atoms with Gasteiger partial charge in [0.2, 0.25) is 15.9 Å². The zero-order valence-electron chi connectivity index (χ0n) is 14.1. The molecule has 0 bridgehead atoms. The van der Waals surface area contributed by atoms with Crippen LogP contribution in [0.3, 0.4) is 0 Å². The number of benzene rings is 1. The lowest BCUT2D eigenvalue weighted by atomic mass is 9.89. The third kappa shape index (κ3) is 4.05. The van der Waals surface area contributed by atoms with Crippen molar-refractivity contribution in [3.8, 4) is 5.75 Å². The molecule has 0 radical (unpaired) electrons. The molecule has 1 amide bonds. The molecule has 134 valence electrons. The van der Waals surface area contributed by atoms with Gasteiger partial charge in [-0.2, -0.15) is 4.31 Å². The molecule has 0 saturated heterocycles. The van der Waals surface area contributed by atoms with E-state index in [4.69, 9.17) is 10.5 Å². The van der Waals surface area contributed by atoms with Gasteiger partial charge in [-0.1, -0.05) is 0 Å². The minimum atomic E-state index is -3.61. The van der Waals surface area contributed by atoms with Gasteiger partial charge in [0.15, 0.2) is 0 Å². The molecule has 0 fully saturated rings. The molecule has 1 atom stereocenters. The van der Waals surface area contributed by atoms with Crippen molar-refractivity contribution in [3.05, 3.63) is 29.6 Å². The molecule has 1 aromatic carbocycles. The van der Waals surface area contributed by atoms with Crippen LogP contribution in [0.1, 0.15) is 45.2 Å². The van der Waals surface area contributed by atoms with Gasteiger partial charge in [0, 0.05) is 24.9 Å².